The molecule has 0 aliphatic heterocycles. The lowest BCUT2D eigenvalue weighted by Crippen LogP contribution is -2.30. The molecule has 1 atom stereocenters. The summed E-state index contributed by atoms with van der Waals surface area (Å²) in [6.45, 7) is 1.66. The SMILES string of the molecule is COC(=O)c1ccc(OC(C)C(=O)Nc2ccc(I)cc2)cc1. The fourth-order valence-electron chi connectivity index (χ4n) is 1.82. The molecule has 0 radical (unpaired) electrons. The van der Waals surface area contributed by atoms with Crippen molar-refractivity contribution in [3.8, 4) is 5.75 Å². The lowest BCUT2D eigenvalue weighted by molar-refractivity contribution is -0.122. The first-order valence-corrected chi connectivity index (χ1v) is 7.99. The molecule has 0 aromatic heterocycles. The second-order valence-electron chi connectivity index (χ2n) is 4.77. The maximum Gasteiger partial charge on any atom is 0.337 e. The van der Waals surface area contributed by atoms with E-state index in [1.165, 1.54) is 7.11 Å². The minimum Gasteiger partial charge on any atom is -0.481 e. The summed E-state index contributed by atoms with van der Waals surface area (Å²) < 4.78 is 11.3. The van der Waals surface area contributed by atoms with Crippen molar-refractivity contribution < 1.29 is 19.1 Å². The number of rotatable bonds is 5. The minimum atomic E-state index is -0.668. The van der Waals surface area contributed by atoms with E-state index in [-0.39, 0.29) is 5.91 Å². The molecule has 1 unspecified atom stereocenters. The number of amides is 1. The van der Waals surface area contributed by atoms with E-state index in [2.05, 4.69) is 32.6 Å². The van der Waals surface area contributed by atoms with Gasteiger partial charge in [0, 0.05) is 9.26 Å². The van der Waals surface area contributed by atoms with Crippen LogP contribution in [0.5, 0.6) is 5.75 Å². The smallest absolute Gasteiger partial charge is 0.337 e. The van der Waals surface area contributed by atoms with Crippen LogP contribution in [0, 0.1) is 3.57 Å². The molecule has 5 nitrogen and oxygen atoms in total. The van der Waals surface area contributed by atoms with Crippen LogP contribution in [-0.2, 0) is 9.53 Å². The van der Waals surface area contributed by atoms with Crippen molar-refractivity contribution in [3.63, 3.8) is 0 Å². The highest BCUT2D eigenvalue weighted by molar-refractivity contribution is 14.1. The third kappa shape index (κ3) is 4.95. The van der Waals surface area contributed by atoms with Crippen LogP contribution in [0.25, 0.3) is 0 Å². The molecule has 2 aromatic rings. The van der Waals surface area contributed by atoms with Gasteiger partial charge in [-0.2, -0.15) is 0 Å². The number of methoxy groups -OCH3 is 1. The van der Waals surface area contributed by atoms with Crippen LogP contribution in [0.4, 0.5) is 5.69 Å². The van der Waals surface area contributed by atoms with Crippen molar-refractivity contribution in [1.82, 2.24) is 0 Å². The molecule has 120 valence electrons. The lowest BCUT2D eigenvalue weighted by Gasteiger charge is -2.15. The Morgan fingerprint density at radius 1 is 1.04 bits per heavy atom. The van der Waals surface area contributed by atoms with Gasteiger partial charge in [-0.1, -0.05) is 0 Å². The Morgan fingerprint density at radius 3 is 2.22 bits per heavy atom. The normalized spacial score (nSPS) is 11.4. The van der Waals surface area contributed by atoms with E-state index in [1.807, 2.05) is 24.3 Å². The topological polar surface area (TPSA) is 64.6 Å². The van der Waals surface area contributed by atoms with Crippen LogP contribution in [-0.4, -0.2) is 25.1 Å². The van der Waals surface area contributed by atoms with Crippen LogP contribution in [0.3, 0.4) is 0 Å². The van der Waals surface area contributed by atoms with Crippen molar-refractivity contribution in [1.29, 1.82) is 0 Å². The molecule has 23 heavy (non-hydrogen) atoms. The summed E-state index contributed by atoms with van der Waals surface area (Å²) in [6.07, 6.45) is -0.668. The van der Waals surface area contributed by atoms with Gasteiger partial charge in [0.05, 0.1) is 12.7 Å². The van der Waals surface area contributed by atoms with Crippen LogP contribution in [0.2, 0.25) is 0 Å². The molecule has 0 aliphatic rings. The van der Waals surface area contributed by atoms with E-state index in [0.29, 0.717) is 17.0 Å². The number of hydrogen-bond acceptors (Lipinski definition) is 4. The predicted molar refractivity (Wildman–Crippen MR) is 95.7 cm³/mol. The highest BCUT2D eigenvalue weighted by Crippen LogP contribution is 2.16. The van der Waals surface area contributed by atoms with Crippen molar-refractivity contribution in [2.24, 2.45) is 0 Å². The molecular formula is C17H16INO4. The van der Waals surface area contributed by atoms with E-state index in [4.69, 9.17) is 4.74 Å². The van der Waals surface area contributed by atoms with Gasteiger partial charge in [0.2, 0.25) is 0 Å². The number of halogens is 1. The number of carbonyl (C=O) groups is 2. The molecule has 0 spiro atoms. The second-order valence-corrected chi connectivity index (χ2v) is 6.02. The molecule has 0 bridgehead atoms. The zero-order valence-electron chi connectivity index (χ0n) is 12.7. The molecule has 2 rings (SSSR count). The number of hydrogen-bond donors (Lipinski definition) is 1. The molecule has 6 heteroatoms. The number of ether oxygens (including phenoxy) is 2. The molecular weight excluding hydrogens is 409 g/mol. The molecule has 0 saturated carbocycles. The zero-order valence-corrected chi connectivity index (χ0v) is 14.9. The Bertz CT molecular complexity index is 683. The summed E-state index contributed by atoms with van der Waals surface area (Å²) in [6, 6.07) is 13.9. The second kappa shape index (κ2) is 7.96. The van der Waals surface area contributed by atoms with Gasteiger partial charge in [-0.05, 0) is 78.0 Å². The zero-order chi connectivity index (χ0) is 16.8. The van der Waals surface area contributed by atoms with Gasteiger partial charge in [0.25, 0.3) is 5.91 Å². The fraction of sp³-hybridized carbons (Fsp3) is 0.176. The molecule has 1 N–H and O–H groups in total. The number of benzene rings is 2. The third-order valence-corrected chi connectivity index (χ3v) is 3.79. The summed E-state index contributed by atoms with van der Waals surface area (Å²) in [5.74, 6) is -0.160. The highest BCUT2D eigenvalue weighted by atomic mass is 127. The fourth-order valence-corrected chi connectivity index (χ4v) is 2.18. The van der Waals surface area contributed by atoms with Crippen LogP contribution < -0.4 is 10.1 Å². The maximum absolute atomic E-state index is 12.1. The summed E-state index contributed by atoms with van der Waals surface area (Å²) in [5.41, 5.74) is 1.14. The van der Waals surface area contributed by atoms with Crippen LogP contribution >= 0.6 is 22.6 Å². The third-order valence-electron chi connectivity index (χ3n) is 3.07. The molecule has 1 amide bonds. The van der Waals surface area contributed by atoms with E-state index in [1.54, 1.807) is 31.2 Å². The van der Waals surface area contributed by atoms with Crippen LogP contribution in [0.15, 0.2) is 48.5 Å². The van der Waals surface area contributed by atoms with Crippen molar-refractivity contribution in [3.05, 3.63) is 57.7 Å². The van der Waals surface area contributed by atoms with Crippen LogP contribution in [0.1, 0.15) is 17.3 Å². The van der Waals surface area contributed by atoms with E-state index >= 15 is 0 Å². The van der Waals surface area contributed by atoms with Gasteiger partial charge < -0.3 is 14.8 Å². The number of carbonyl (C=O) groups excluding carboxylic acids is 2. The van der Waals surface area contributed by atoms with E-state index < -0.39 is 12.1 Å². The van der Waals surface area contributed by atoms with Gasteiger partial charge >= 0.3 is 5.97 Å². The van der Waals surface area contributed by atoms with Crippen molar-refractivity contribution >= 4 is 40.2 Å². The average Bonchev–Trinajstić information content (AvgIpc) is 2.56. The monoisotopic (exact) mass is 425 g/mol. The Labute approximate surface area is 148 Å². The first-order chi connectivity index (χ1) is 11.0. The minimum absolute atomic E-state index is 0.247. The summed E-state index contributed by atoms with van der Waals surface area (Å²) in [5, 5.41) is 2.79. The molecule has 0 fully saturated rings. The molecule has 2 aromatic carbocycles. The number of esters is 1. The van der Waals surface area contributed by atoms with Crippen molar-refractivity contribution in [2.75, 3.05) is 12.4 Å². The highest BCUT2D eigenvalue weighted by Gasteiger charge is 2.15. The number of anilines is 1. The van der Waals surface area contributed by atoms with Gasteiger partial charge in [-0.3, -0.25) is 4.79 Å². The Kier molecular flexibility index (Phi) is 5.97. The molecule has 0 heterocycles. The average molecular weight is 425 g/mol. The first-order valence-electron chi connectivity index (χ1n) is 6.91. The number of nitrogens with one attached hydrogen (secondary N) is 1. The Morgan fingerprint density at radius 2 is 1.65 bits per heavy atom. The Balaban J connectivity index is 1.95. The molecule has 0 aliphatic carbocycles. The van der Waals surface area contributed by atoms with E-state index in [0.717, 1.165) is 3.57 Å². The Hall–Kier alpha value is -2.09. The summed E-state index contributed by atoms with van der Waals surface area (Å²) in [4.78, 5) is 23.5. The summed E-state index contributed by atoms with van der Waals surface area (Å²) >= 11 is 2.20. The largest absolute Gasteiger partial charge is 0.481 e. The van der Waals surface area contributed by atoms with Gasteiger partial charge in [-0.15, -0.1) is 0 Å². The molecule has 0 saturated heterocycles. The maximum atomic E-state index is 12.1. The lowest BCUT2D eigenvalue weighted by atomic mass is 10.2. The first kappa shape index (κ1) is 17.3. The van der Waals surface area contributed by atoms with Gasteiger partial charge in [-0.25, -0.2) is 4.79 Å². The predicted octanol–water partition coefficient (Wildman–Crippen LogP) is 3.48. The standard InChI is InChI=1S/C17H16INO4/c1-11(16(20)19-14-7-5-13(18)6-8-14)23-15-9-3-12(4-10-15)17(21)22-2/h3-11H,1-2H3,(H,19,20). The van der Waals surface area contributed by atoms with Gasteiger partial charge in [0.1, 0.15) is 5.75 Å². The van der Waals surface area contributed by atoms with Gasteiger partial charge in [0.15, 0.2) is 6.10 Å². The van der Waals surface area contributed by atoms with Crippen molar-refractivity contribution in [2.45, 2.75) is 13.0 Å². The quantitative estimate of drug-likeness (QED) is 0.589. The van der Waals surface area contributed by atoms with E-state index in [9.17, 15) is 9.59 Å². The summed E-state index contributed by atoms with van der Waals surface area (Å²) in [7, 11) is 1.32.